The van der Waals surface area contributed by atoms with Gasteiger partial charge >= 0.3 is 7.12 Å². The van der Waals surface area contributed by atoms with Crippen LogP contribution in [0.1, 0.15) is 0 Å². The number of nitrogen functional groups attached to an aromatic ring is 1. The van der Waals surface area contributed by atoms with Gasteiger partial charge in [-0.25, -0.2) is 0 Å². The molecule has 3 nitrogen and oxygen atoms in total. The number of fused-ring (bicyclic) bond motifs is 1. The topological polar surface area (TPSA) is 66.5 Å². The first kappa shape index (κ1) is 10.2. The minimum Gasteiger partial charge on any atom is -0.423 e. The van der Waals surface area contributed by atoms with Crippen LogP contribution in [0.5, 0.6) is 0 Å². The summed E-state index contributed by atoms with van der Waals surface area (Å²) in [5, 5.41) is 19.1. The lowest BCUT2D eigenvalue weighted by Gasteiger charge is -2.04. The predicted octanol–water partition coefficient (Wildman–Crippen LogP) is 0.768. The van der Waals surface area contributed by atoms with E-state index in [4.69, 9.17) is 15.8 Å². The zero-order valence-corrected chi connectivity index (χ0v) is 10.0. The van der Waals surface area contributed by atoms with Crippen molar-refractivity contribution in [2.75, 3.05) is 5.73 Å². The summed E-state index contributed by atoms with van der Waals surface area (Å²) in [7, 11) is -1.50. The van der Waals surface area contributed by atoms with E-state index in [9.17, 15) is 0 Å². The van der Waals surface area contributed by atoms with Crippen molar-refractivity contribution < 1.29 is 10.0 Å². The van der Waals surface area contributed by atoms with E-state index < -0.39 is 7.12 Å². The molecule has 0 fully saturated rings. The zero-order valence-electron chi connectivity index (χ0n) is 7.07. The molecule has 2 rings (SSSR count). The van der Waals surface area contributed by atoms with Crippen LogP contribution in [0.15, 0.2) is 18.2 Å². The van der Waals surface area contributed by atoms with Gasteiger partial charge in [-0.05, 0) is 34.0 Å². The Morgan fingerprint density at radius 3 is 2.71 bits per heavy atom. The lowest BCUT2D eigenvalue weighted by atomic mass is 9.79. The maximum atomic E-state index is 9.05. The Morgan fingerprint density at radius 1 is 1.36 bits per heavy atom. The highest BCUT2D eigenvalue weighted by Gasteiger charge is 2.17. The van der Waals surface area contributed by atoms with Gasteiger partial charge in [-0.3, -0.25) is 0 Å². The molecule has 72 valence electrons. The Bertz CT molecular complexity index is 485. The summed E-state index contributed by atoms with van der Waals surface area (Å²) >= 11 is 3.77. The predicted molar refractivity (Wildman–Crippen MR) is 68.8 cm³/mol. The van der Waals surface area contributed by atoms with Crippen LogP contribution in [0, 0.1) is 2.88 Å². The Balaban J connectivity index is 2.74. The Morgan fingerprint density at radius 2 is 2.07 bits per heavy atom. The maximum Gasteiger partial charge on any atom is 0.490 e. The SMILES string of the molecule is Nc1c(B(O)O)ccc2cc(I)sc12. The lowest BCUT2D eigenvalue weighted by molar-refractivity contribution is 0.426. The van der Waals surface area contributed by atoms with Gasteiger partial charge in [-0.1, -0.05) is 12.1 Å². The van der Waals surface area contributed by atoms with Crippen molar-refractivity contribution in [1.29, 1.82) is 0 Å². The molecule has 1 heterocycles. The standard InChI is InChI=1S/C8H7BINO2S/c10-6-3-4-1-2-5(9(12)13)7(11)8(4)14-6/h1-3,12-13H,11H2. The van der Waals surface area contributed by atoms with Crippen molar-refractivity contribution in [3.63, 3.8) is 0 Å². The van der Waals surface area contributed by atoms with Crippen molar-refractivity contribution >= 4 is 62.3 Å². The number of benzene rings is 1. The normalized spacial score (nSPS) is 10.8. The number of anilines is 1. The smallest absolute Gasteiger partial charge is 0.423 e. The van der Waals surface area contributed by atoms with E-state index in [1.807, 2.05) is 12.1 Å². The first-order valence-corrected chi connectivity index (χ1v) is 5.82. The molecule has 0 bridgehead atoms. The van der Waals surface area contributed by atoms with Gasteiger partial charge in [-0.15, -0.1) is 11.3 Å². The van der Waals surface area contributed by atoms with Gasteiger partial charge in [0.05, 0.1) is 7.58 Å². The number of hydrogen-bond acceptors (Lipinski definition) is 4. The number of thiophene rings is 1. The van der Waals surface area contributed by atoms with Crippen LogP contribution in [-0.2, 0) is 0 Å². The Labute approximate surface area is 98.8 Å². The largest absolute Gasteiger partial charge is 0.490 e. The van der Waals surface area contributed by atoms with Crippen LogP contribution < -0.4 is 11.2 Å². The van der Waals surface area contributed by atoms with E-state index in [2.05, 4.69) is 22.6 Å². The number of rotatable bonds is 1. The monoisotopic (exact) mass is 319 g/mol. The summed E-state index contributed by atoms with van der Waals surface area (Å²) in [6, 6.07) is 5.51. The Hall–Kier alpha value is -0.305. The second-order valence-corrected chi connectivity index (χ2v) is 5.86. The average molecular weight is 319 g/mol. The van der Waals surface area contributed by atoms with Crippen LogP contribution in [0.3, 0.4) is 0 Å². The maximum absolute atomic E-state index is 9.05. The van der Waals surface area contributed by atoms with Crippen LogP contribution in [0.4, 0.5) is 5.69 Å². The molecule has 14 heavy (non-hydrogen) atoms. The molecule has 0 radical (unpaired) electrons. The molecule has 1 aromatic carbocycles. The molecule has 0 atom stereocenters. The molecule has 0 aliphatic carbocycles. The highest BCUT2D eigenvalue weighted by Crippen LogP contribution is 2.30. The fourth-order valence-electron chi connectivity index (χ4n) is 1.33. The van der Waals surface area contributed by atoms with Crippen LogP contribution in [-0.4, -0.2) is 17.2 Å². The van der Waals surface area contributed by atoms with Crippen LogP contribution in [0.25, 0.3) is 10.1 Å². The minimum atomic E-state index is -1.50. The molecular formula is C8H7BINO2S. The molecule has 2 aromatic rings. The summed E-state index contributed by atoms with van der Waals surface area (Å²) < 4.78 is 2.05. The summed E-state index contributed by atoms with van der Waals surface area (Å²) in [5.74, 6) is 0. The molecule has 0 saturated heterocycles. The highest BCUT2D eigenvalue weighted by atomic mass is 127. The molecule has 0 aliphatic rings. The van der Waals surface area contributed by atoms with E-state index in [0.29, 0.717) is 11.2 Å². The van der Waals surface area contributed by atoms with E-state index in [-0.39, 0.29) is 0 Å². The zero-order chi connectivity index (χ0) is 10.3. The van der Waals surface area contributed by atoms with Crippen molar-refractivity contribution in [2.24, 2.45) is 0 Å². The van der Waals surface area contributed by atoms with Gasteiger partial charge < -0.3 is 15.8 Å². The van der Waals surface area contributed by atoms with Gasteiger partial charge in [0.2, 0.25) is 0 Å². The molecule has 0 aliphatic heterocycles. The molecule has 4 N–H and O–H groups in total. The van der Waals surface area contributed by atoms with Crippen molar-refractivity contribution in [3.8, 4) is 0 Å². The second kappa shape index (κ2) is 3.69. The third-order valence-electron chi connectivity index (χ3n) is 2.01. The van der Waals surface area contributed by atoms with Crippen LogP contribution >= 0.6 is 33.9 Å². The molecule has 0 saturated carbocycles. The minimum absolute atomic E-state index is 0.371. The fourth-order valence-corrected chi connectivity index (χ4v) is 3.18. The summed E-state index contributed by atoms with van der Waals surface area (Å²) in [4.78, 5) is 0. The van der Waals surface area contributed by atoms with Crippen molar-refractivity contribution in [3.05, 3.63) is 21.1 Å². The Kier molecular flexibility index (Phi) is 2.69. The van der Waals surface area contributed by atoms with Gasteiger partial charge in [0.1, 0.15) is 0 Å². The van der Waals surface area contributed by atoms with Crippen molar-refractivity contribution in [2.45, 2.75) is 0 Å². The van der Waals surface area contributed by atoms with Crippen molar-refractivity contribution in [1.82, 2.24) is 0 Å². The van der Waals surface area contributed by atoms with E-state index in [0.717, 1.165) is 13.0 Å². The molecule has 6 heteroatoms. The first-order valence-electron chi connectivity index (χ1n) is 3.93. The van der Waals surface area contributed by atoms with E-state index >= 15 is 0 Å². The summed E-state index contributed by atoms with van der Waals surface area (Å²) in [6.07, 6.45) is 0. The molecule has 1 aromatic heterocycles. The number of hydrogen-bond donors (Lipinski definition) is 3. The van der Waals surface area contributed by atoms with Gasteiger partial charge in [0, 0.05) is 11.2 Å². The molecular weight excluding hydrogens is 312 g/mol. The third kappa shape index (κ3) is 1.62. The lowest BCUT2D eigenvalue weighted by Crippen LogP contribution is -2.32. The highest BCUT2D eigenvalue weighted by molar-refractivity contribution is 14.1. The molecule has 0 spiro atoms. The van der Waals surface area contributed by atoms with Gasteiger partial charge in [0.25, 0.3) is 0 Å². The average Bonchev–Trinajstić information content (AvgIpc) is 2.46. The van der Waals surface area contributed by atoms with Crippen LogP contribution in [0.2, 0.25) is 0 Å². The second-order valence-electron chi connectivity index (χ2n) is 2.91. The van der Waals surface area contributed by atoms with Gasteiger partial charge in [-0.2, -0.15) is 0 Å². The summed E-state index contributed by atoms with van der Waals surface area (Å²) in [6.45, 7) is 0. The molecule has 0 unspecified atom stereocenters. The van der Waals surface area contributed by atoms with Gasteiger partial charge in [0.15, 0.2) is 0 Å². The number of halogens is 1. The first-order chi connectivity index (χ1) is 6.59. The fraction of sp³-hybridized carbons (Fsp3) is 0. The van der Waals surface area contributed by atoms with E-state index in [1.165, 1.54) is 0 Å². The van der Waals surface area contributed by atoms with E-state index in [1.54, 1.807) is 17.4 Å². The summed E-state index contributed by atoms with van der Waals surface area (Å²) in [5.41, 5.74) is 6.65. The third-order valence-corrected chi connectivity index (χ3v) is 3.95. The molecule has 0 amide bonds. The number of nitrogens with two attached hydrogens (primary N) is 1. The quantitative estimate of drug-likeness (QED) is 0.413.